The highest BCUT2D eigenvalue weighted by Crippen LogP contribution is 2.32. The molecule has 2 aromatic rings. The van der Waals surface area contributed by atoms with Crippen LogP contribution in [0.25, 0.3) is 0 Å². The molecule has 0 aliphatic carbocycles. The average molecular weight is 284 g/mol. The molecule has 0 saturated heterocycles. The summed E-state index contributed by atoms with van der Waals surface area (Å²) in [5.41, 5.74) is 0.806. The second-order valence-corrected chi connectivity index (χ2v) is 4.11. The Kier molecular flexibility index (Phi) is 4.19. The van der Waals surface area contributed by atoms with Gasteiger partial charge in [-0.05, 0) is 23.8 Å². The number of halogens is 2. The van der Waals surface area contributed by atoms with Crippen LogP contribution in [0.3, 0.4) is 0 Å². The van der Waals surface area contributed by atoms with E-state index in [0.717, 1.165) is 0 Å². The summed E-state index contributed by atoms with van der Waals surface area (Å²) in [5, 5.41) is 14.2. The maximum absolute atomic E-state index is 12.3. The van der Waals surface area contributed by atoms with Gasteiger partial charge in [0.05, 0.1) is 12.8 Å². The fraction of sp³-hybridized carbons (Fsp3) is 0.308. The summed E-state index contributed by atoms with van der Waals surface area (Å²) in [4.78, 5) is 0. The molecule has 5 nitrogen and oxygen atoms in total. The van der Waals surface area contributed by atoms with E-state index in [-0.39, 0.29) is 11.5 Å². The number of nitrogens with zero attached hydrogens (tertiary/aromatic N) is 2. The first-order chi connectivity index (χ1) is 9.51. The highest BCUT2D eigenvalue weighted by Gasteiger charge is 2.17. The lowest BCUT2D eigenvalue weighted by molar-refractivity contribution is -0.0513. The molecule has 0 amide bonds. The number of aliphatic hydroxyl groups is 1. The molecule has 1 unspecified atom stereocenters. The molecule has 1 atom stereocenters. The fourth-order valence-corrected chi connectivity index (χ4v) is 1.80. The predicted octanol–water partition coefficient (Wildman–Crippen LogP) is 2.11. The zero-order valence-corrected chi connectivity index (χ0v) is 11.0. The van der Waals surface area contributed by atoms with Crippen LogP contribution in [-0.4, -0.2) is 28.6 Å². The lowest BCUT2D eigenvalue weighted by Crippen LogP contribution is -2.06. The summed E-state index contributed by atoms with van der Waals surface area (Å²) in [6.07, 6.45) is 0.653. The maximum atomic E-state index is 12.3. The molecule has 0 aliphatic rings. The molecule has 0 fully saturated rings. The van der Waals surface area contributed by atoms with Crippen molar-refractivity contribution in [1.29, 1.82) is 0 Å². The summed E-state index contributed by atoms with van der Waals surface area (Å²) in [6.45, 7) is -2.97. The van der Waals surface area contributed by atoms with Crippen molar-refractivity contribution in [2.45, 2.75) is 12.7 Å². The van der Waals surface area contributed by atoms with Gasteiger partial charge in [0.2, 0.25) is 0 Å². The number of methoxy groups -OCH3 is 1. The molecule has 1 aromatic carbocycles. The minimum Gasteiger partial charge on any atom is -0.493 e. The van der Waals surface area contributed by atoms with E-state index in [0.29, 0.717) is 11.3 Å². The largest absolute Gasteiger partial charge is 0.493 e. The van der Waals surface area contributed by atoms with E-state index in [4.69, 9.17) is 4.74 Å². The van der Waals surface area contributed by atoms with Gasteiger partial charge in [0, 0.05) is 13.2 Å². The molecule has 108 valence electrons. The van der Waals surface area contributed by atoms with E-state index in [2.05, 4.69) is 9.84 Å². The van der Waals surface area contributed by atoms with Gasteiger partial charge in [-0.15, -0.1) is 0 Å². The Morgan fingerprint density at radius 3 is 2.55 bits per heavy atom. The van der Waals surface area contributed by atoms with Crippen LogP contribution in [0.5, 0.6) is 11.5 Å². The normalized spacial score (nSPS) is 12.5. The molecule has 1 heterocycles. The molecule has 0 bridgehead atoms. The van der Waals surface area contributed by atoms with Crippen molar-refractivity contribution in [3.63, 3.8) is 0 Å². The van der Waals surface area contributed by atoms with Crippen LogP contribution in [0.2, 0.25) is 0 Å². The van der Waals surface area contributed by atoms with Crippen molar-refractivity contribution in [3.8, 4) is 11.5 Å². The zero-order valence-electron chi connectivity index (χ0n) is 11.0. The minimum atomic E-state index is -2.97. The van der Waals surface area contributed by atoms with E-state index in [1.165, 1.54) is 19.2 Å². The van der Waals surface area contributed by atoms with Gasteiger partial charge in [-0.1, -0.05) is 6.07 Å². The molecular formula is C13H14F2N2O3. The Morgan fingerprint density at radius 2 is 2.00 bits per heavy atom. The third-order valence-electron chi connectivity index (χ3n) is 2.73. The second kappa shape index (κ2) is 5.87. The third-order valence-corrected chi connectivity index (χ3v) is 2.73. The third kappa shape index (κ3) is 3.05. The van der Waals surface area contributed by atoms with Crippen molar-refractivity contribution in [1.82, 2.24) is 9.78 Å². The van der Waals surface area contributed by atoms with E-state index >= 15 is 0 Å². The van der Waals surface area contributed by atoms with Crippen molar-refractivity contribution in [2.75, 3.05) is 7.11 Å². The molecule has 2 rings (SSSR count). The monoisotopic (exact) mass is 284 g/mol. The first-order valence-electron chi connectivity index (χ1n) is 5.81. The second-order valence-electron chi connectivity index (χ2n) is 4.11. The summed E-state index contributed by atoms with van der Waals surface area (Å²) in [6, 6.07) is 5.97. The number of aromatic nitrogens is 2. The quantitative estimate of drug-likeness (QED) is 0.913. The Labute approximate surface area is 114 Å². The number of rotatable bonds is 5. The van der Waals surface area contributed by atoms with Crippen LogP contribution in [0.4, 0.5) is 8.78 Å². The van der Waals surface area contributed by atoms with Gasteiger partial charge >= 0.3 is 6.61 Å². The van der Waals surface area contributed by atoms with Crippen LogP contribution in [-0.2, 0) is 7.05 Å². The lowest BCUT2D eigenvalue weighted by Gasteiger charge is -2.14. The number of alkyl halides is 2. The van der Waals surface area contributed by atoms with Gasteiger partial charge in [0.1, 0.15) is 6.10 Å². The molecule has 0 aliphatic heterocycles. The number of benzene rings is 1. The Morgan fingerprint density at radius 1 is 1.25 bits per heavy atom. The summed E-state index contributed by atoms with van der Waals surface area (Å²) >= 11 is 0. The van der Waals surface area contributed by atoms with Gasteiger partial charge in [-0.25, -0.2) is 0 Å². The standard InChI is InChI=1S/C13H14F2N2O3/c1-17-6-5-9(16-17)12(18)8-3-4-10(19-2)11(7-8)20-13(14)15/h3-7,12-13,18H,1-2H3. The van der Waals surface area contributed by atoms with Crippen LogP contribution >= 0.6 is 0 Å². The molecule has 20 heavy (non-hydrogen) atoms. The van der Waals surface area contributed by atoms with Crippen molar-refractivity contribution < 1.29 is 23.4 Å². The minimum absolute atomic E-state index is 0.130. The number of aryl methyl sites for hydroxylation is 1. The predicted molar refractivity (Wildman–Crippen MR) is 66.9 cm³/mol. The summed E-state index contributed by atoms with van der Waals surface area (Å²) in [5.74, 6) is 0.0391. The van der Waals surface area contributed by atoms with Crippen molar-refractivity contribution in [3.05, 3.63) is 41.7 Å². The number of aliphatic hydroxyl groups excluding tert-OH is 1. The lowest BCUT2D eigenvalue weighted by atomic mass is 10.1. The fourth-order valence-electron chi connectivity index (χ4n) is 1.80. The van der Waals surface area contributed by atoms with Crippen LogP contribution in [0, 0.1) is 0 Å². The van der Waals surface area contributed by atoms with E-state index < -0.39 is 12.7 Å². The average Bonchev–Trinajstić information content (AvgIpc) is 2.84. The van der Waals surface area contributed by atoms with Crippen LogP contribution in [0.15, 0.2) is 30.5 Å². The highest BCUT2D eigenvalue weighted by molar-refractivity contribution is 5.44. The molecule has 0 radical (unpaired) electrons. The Bertz CT molecular complexity index is 587. The number of hydrogen-bond donors (Lipinski definition) is 1. The Hall–Kier alpha value is -2.15. The SMILES string of the molecule is COc1ccc(C(O)c2ccn(C)n2)cc1OC(F)F. The summed E-state index contributed by atoms with van der Waals surface area (Å²) in [7, 11) is 3.07. The number of ether oxygens (including phenoxy) is 2. The first kappa shape index (κ1) is 14.3. The molecule has 0 saturated carbocycles. The molecule has 1 N–H and O–H groups in total. The van der Waals surface area contributed by atoms with Crippen LogP contribution in [0.1, 0.15) is 17.4 Å². The summed E-state index contributed by atoms with van der Waals surface area (Å²) < 4.78 is 35.5. The molecule has 7 heteroatoms. The smallest absolute Gasteiger partial charge is 0.387 e. The zero-order chi connectivity index (χ0) is 14.7. The van der Waals surface area contributed by atoms with Gasteiger partial charge in [0.15, 0.2) is 11.5 Å². The van der Waals surface area contributed by atoms with E-state index in [9.17, 15) is 13.9 Å². The van der Waals surface area contributed by atoms with Crippen molar-refractivity contribution in [2.24, 2.45) is 7.05 Å². The van der Waals surface area contributed by atoms with Gasteiger partial charge in [-0.2, -0.15) is 13.9 Å². The maximum Gasteiger partial charge on any atom is 0.387 e. The molecule has 0 spiro atoms. The number of hydrogen-bond acceptors (Lipinski definition) is 4. The molecular weight excluding hydrogens is 270 g/mol. The van der Waals surface area contributed by atoms with Crippen molar-refractivity contribution >= 4 is 0 Å². The Balaban J connectivity index is 2.32. The van der Waals surface area contributed by atoms with Gasteiger partial charge in [-0.3, -0.25) is 4.68 Å². The van der Waals surface area contributed by atoms with Gasteiger partial charge in [0.25, 0.3) is 0 Å². The van der Waals surface area contributed by atoms with Gasteiger partial charge < -0.3 is 14.6 Å². The highest BCUT2D eigenvalue weighted by atomic mass is 19.3. The van der Waals surface area contributed by atoms with E-state index in [1.54, 1.807) is 30.1 Å². The topological polar surface area (TPSA) is 56.5 Å². The van der Waals surface area contributed by atoms with E-state index in [1.807, 2.05) is 0 Å². The van der Waals surface area contributed by atoms with Crippen LogP contribution < -0.4 is 9.47 Å². The molecule has 1 aromatic heterocycles. The first-order valence-corrected chi connectivity index (χ1v) is 5.81.